The van der Waals surface area contributed by atoms with E-state index in [-0.39, 0.29) is 0 Å². The Kier molecular flexibility index (Phi) is 3.82. The molecule has 1 aromatic heterocycles. The molecule has 0 unspecified atom stereocenters. The van der Waals surface area contributed by atoms with Gasteiger partial charge in [-0.1, -0.05) is 54.2 Å². The van der Waals surface area contributed by atoms with Crippen molar-refractivity contribution < 1.29 is 5.11 Å². The second-order valence-electron chi connectivity index (χ2n) is 4.05. The molecule has 0 saturated carbocycles. The molecule has 0 fully saturated rings. The number of para-hydroxylation sites is 1. The average Bonchev–Trinajstić information content (AvgIpc) is 2.88. The van der Waals surface area contributed by atoms with E-state index in [1.807, 2.05) is 48.5 Å². The molecule has 0 spiro atoms. The Morgan fingerprint density at radius 2 is 1.79 bits per heavy atom. The van der Waals surface area contributed by atoms with Crippen molar-refractivity contribution in [3.05, 3.63) is 66.3 Å². The maximum absolute atomic E-state index is 10.0. The van der Waals surface area contributed by atoms with E-state index in [9.17, 15) is 5.11 Å². The van der Waals surface area contributed by atoms with E-state index >= 15 is 0 Å². The maximum atomic E-state index is 10.0. The summed E-state index contributed by atoms with van der Waals surface area (Å²) < 4.78 is 2.17. The number of fused-ring (bicyclic) bond motifs is 1. The van der Waals surface area contributed by atoms with Crippen LogP contribution in [0.3, 0.4) is 0 Å². The molecule has 4 heteroatoms. The van der Waals surface area contributed by atoms with E-state index in [0.717, 1.165) is 15.4 Å². The highest BCUT2D eigenvalue weighted by Crippen LogP contribution is 2.31. The summed E-state index contributed by atoms with van der Waals surface area (Å²) in [6.07, 6.45) is 0.393. The van der Waals surface area contributed by atoms with Crippen LogP contribution in [0.15, 0.2) is 58.9 Å². The number of hydrogen-bond acceptors (Lipinski definition) is 4. The summed E-state index contributed by atoms with van der Waals surface area (Å²) in [6.45, 7) is 0. The van der Waals surface area contributed by atoms with Crippen molar-refractivity contribution >= 4 is 33.3 Å². The molecular formula is C15H12NOS2. The monoisotopic (exact) mass is 286 g/mol. The standard InChI is InChI=1S/C15H12NOS2/c17-13(11-6-2-1-3-7-11)10-18-15-16-12-8-4-5-9-14(12)19-15/h1-9,17H,10H2. The van der Waals surface area contributed by atoms with Crippen LogP contribution in [-0.4, -0.2) is 15.8 Å². The van der Waals surface area contributed by atoms with Crippen LogP contribution < -0.4 is 0 Å². The van der Waals surface area contributed by atoms with Crippen LogP contribution in [0.5, 0.6) is 0 Å². The molecule has 1 heterocycles. The lowest BCUT2D eigenvalue weighted by atomic mass is 10.1. The van der Waals surface area contributed by atoms with Gasteiger partial charge in [0.25, 0.3) is 0 Å². The lowest BCUT2D eigenvalue weighted by molar-refractivity contribution is 0.344. The fraction of sp³-hybridized carbons (Fsp3) is 0.0667. The Morgan fingerprint density at radius 1 is 1.05 bits per heavy atom. The summed E-state index contributed by atoms with van der Waals surface area (Å²) in [4.78, 5) is 4.54. The minimum absolute atomic E-state index is 0.393. The molecule has 19 heavy (non-hydrogen) atoms. The van der Waals surface area contributed by atoms with Gasteiger partial charge < -0.3 is 5.11 Å². The Labute approximate surface area is 120 Å². The number of thiazole rings is 1. The molecule has 0 atom stereocenters. The van der Waals surface area contributed by atoms with Gasteiger partial charge in [-0.05, 0) is 17.7 Å². The zero-order valence-electron chi connectivity index (χ0n) is 10.1. The molecule has 0 aliphatic heterocycles. The van der Waals surface area contributed by atoms with Crippen molar-refractivity contribution in [1.29, 1.82) is 0 Å². The van der Waals surface area contributed by atoms with E-state index in [2.05, 4.69) is 11.1 Å². The first-order chi connectivity index (χ1) is 9.33. The average molecular weight is 286 g/mol. The fourth-order valence-electron chi connectivity index (χ4n) is 1.76. The topological polar surface area (TPSA) is 33.1 Å². The smallest absolute Gasteiger partial charge is 0.151 e. The van der Waals surface area contributed by atoms with E-state index < -0.39 is 0 Å². The number of aromatic nitrogens is 1. The van der Waals surface area contributed by atoms with Gasteiger partial charge in [0.2, 0.25) is 0 Å². The highest BCUT2D eigenvalue weighted by Gasteiger charge is 2.11. The van der Waals surface area contributed by atoms with Crippen LogP contribution in [-0.2, 0) is 0 Å². The molecule has 0 amide bonds. The predicted molar refractivity (Wildman–Crippen MR) is 81.1 cm³/mol. The summed E-state index contributed by atoms with van der Waals surface area (Å²) in [5.41, 5.74) is 1.89. The van der Waals surface area contributed by atoms with Gasteiger partial charge in [-0.15, -0.1) is 11.3 Å². The first-order valence-corrected chi connectivity index (χ1v) is 7.72. The third-order valence-corrected chi connectivity index (χ3v) is 4.90. The van der Waals surface area contributed by atoms with Gasteiger partial charge in [0.15, 0.2) is 4.34 Å². The third-order valence-electron chi connectivity index (χ3n) is 2.71. The molecule has 0 aliphatic carbocycles. The van der Waals surface area contributed by atoms with Crippen LogP contribution in [0.25, 0.3) is 10.2 Å². The summed E-state index contributed by atoms with van der Waals surface area (Å²) >= 11 is 3.23. The predicted octanol–water partition coefficient (Wildman–Crippen LogP) is 4.34. The van der Waals surface area contributed by atoms with Crippen molar-refractivity contribution in [2.45, 2.75) is 4.34 Å². The largest absolute Gasteiger partial charge is 0.381 e. The number of nitrogens with zero attached hydrogens (tertiary/aromatic N) is 1. The second-order valence-corrected chi connectivity index (χ2v) is 6.30. The molecule has 2 nitrogen and oxygen atoms in total. The molecule has 1 N–H and O–H groups in total. The van der Waals surface area contributed by atoms with E-state index in [0.29, 0.717) is 11.9 Å². The molecule has 95 valence electrons. The Morgan fingerprint density at radius 3 is 2.58 bits per heavy atom. The molecular weight excluding hydrogens is 274 g/mol. The van der Waals surface area contributed by atoms with Gasteiger partial charge in [0.1, 0.15) is 6.10 Å². The molecule has 3 aromatic rings. The van der Waals surface area contributed by atoms with E-state index in [1.165, 1.54) is 4.70 Å². The van der Waals surface area contributed by atoms with Gasteiger partial charge in [0.05, 0.1) is 10.2 Å². The maximum Gasteiger partial charge on any atom is 0.151 e. The molecule has 3 rings (SSSR count). The zero-order chi connectivity index (χ0) is 13.1. The van der Waals surface area contributed by atoms with Crippen molar-refractivity contribution in [2.24, 2.45) is 0 Å². The van der Waals surface area contributed by atoms with E-state index in [4.69, 9.17) is 0 Å². The second kappa shape index (κ2) is 5.74. The SMILES string of the molecule is O[C](CSc1nc2ccccc2s1)c1ccccc1. The minimum Gasteiger partial charge on any atom is -0.381 e. The summed E-state index contributed by atoms with van der Waals surface area (Å²) in [6, 6.07) is 17.7. The number of rotatable bonds is 4. The lowest BCUT2D eigenvalue weighted by Crippen LogP contribution is -2.00. The van der Waals surface area contributed by atoms with Gasteiger partial charge in [-0.2, -0.15) is 0 Å². The summed E-state index contributed by atoms with van der Waals surface area (Å²) in [5, 5.41) is 10.0. The van der Waals surface area contributed by atoms with Crippen LogP contribution in [0.1, 0.15) is 5.56 Å². The minimum atomic E-state index is 0.393. The van der Waals surface area contributed by atoms with Crippen molar-refractivity contribution in [3.63, 3.8) is 0 Å². The summed E-state index contributed by atoms with van der Waals surface area (Å²) in [7, 11) is 0. The number of hydrogen-bond donors (Lipinski definition) is 1. The number of thioether (sulfide) groups is 1. The normalized spacial score (nSPS) is 11.3. The molecule has 2 aromatic carbocycles. The fourth-order valence-corrected chi connectivity index (χ4v) is 3.73. The number of aliphatic hydroxyl groups is 1. The third kappa shape index (κ3) is 2.97. The van der Waals surface area contributed by atoms with Crippen molar-refractivity contribution in [2.75, 3.05) is 5.75 Å². The zero-order valence-corrected chi connectivity index (χ0v) is 11.7. The first-order valence-electron chi connectivity index (χ1n) is 5.91. The first kappa shape index (κ1) is 12.7. The molecule has 0 saturated heterocycles. The van der Waals surface area contributed by atoms with E-state index in [1.54, 1.807) is 23.1 Å². The number of aliphatic hydroxyl groups excluding tert-OH is 1. The van der Waals surface area contributed by atoms with Crippen molar-refractivity contribution in [1.82, 2.24) is 4.98 Å². The van der Waals surface area contributed by atoms with Gasteiger partial charge in [0, 0.05) is 5.75 Å². The Balaban J connectivity index is 1.69. The quantitative estimate of drug-likeness (QED) is 0.724. The number of benzene rings is 2. The molecule has 0 bridgehead atoms. The van der Waals surface area contributed by atoms with Gasteiger partial charge in [-0.3, -0.25) is 0 Å². The highest BCUT2D eigenvalue weighted by atomic mass is 32.2. The van der Waals surface area contributed by atoms with Crippen LogP contribution in [0.4, 0.5) is 0 Å². The van der Waals surface area contributed by atoms with Crippen molar-refractivity contribution in [3.8, 4) is 0 Å². The van der Waals surface area contributed by atoms with Crippen LogP contribution in [0, 0.1) is 6.10 Å². The molecule has 1 radical (unpaired) electrons. The van der Waals surface area contributed by atoms with Crippen LogP contribution >= 0.6 is 23.1 Å². The Bertz CT molecular complexity index is 633. The van der Waals surface area contributed by atoms with Gasteiger partial charge >= 0.3 is 0 Å². The van der Waals surface area contributed by atoms with Crippen LogP contribution in [0.2, 0.25) is 0 Å². The lowest BCUT2D eigenvalue weighted by Gasteiger charge is -2.07. The summed E-state index contributed by atoms with van der Waals surface area (Å²) in [5.74, 6) is 0.545. The molecule has 0 aliphatic rings. The van der Waals surface area contributed by atoms with Gasteiger partial charge in [-0.25, -0.2) is 4.98 Å². The highest BCUT2D eigenvalue weighted by molar-refractivity contribution is 8.01. The Hall–Kier alpha value is -1.36.